The van der Waals surface area contributed by atoms with E-state index < -0.39 is 0 Å². The summed E-state index contributed by atoms with van der Waals surface area (Å²) in [6.45, 7) is 0.840. The zero-order chi connectivity index (χ0) is 14.5. The number of nitrogens with two attached hydrogens (primary N) is 1. The SMILES string of the molecule is CN(C)Cc1cccc(NC(=O)Cc2csc(N)n2)c1. The molecule has 0 radical (unpaired) electrons. The Kier molecular flexibility index (Phi) is 4.70. The summed E-state index contributed by atoms with van der Waals surface area (Å²) in [7, 11) is 4.02. The first-order valence-corrected chi connectivity index (χ1v) is 7.14. The van der Waals surface area contributed by atoms with Crippen LogP contribution in [0.15, 0.2) is 29.6 Å². The number of carbonyl (C=O) groups is 1. The summed E-state index contributed by atoms with van der Waals surface area (Å²) in [5.41, 5.74) is 8.21. The lowest BCUT2D eigenvalue weighted by molar-refractivity contribution is -0.115. The van der Waals surface area contributed by atoms with Crippen LogP contribution in [0.4, 0.5) is 10.8 Å². The van der Waals surface area contributed by atoms with Crippen molar-refractivity contribution in [1.82, 2.24) is 9.88 Å². The quantitative estimate of drug-likeness (QED) is 0.883. The summed E-state index contributed by atoms with van der Waals surface area (Å²) in [5.74, 6) is -0.0858. The van der Waals surface area contributed by atoms with Gasteiger partial charge in [-0.15, -0.1) is 11.3 Å². The van der Waals surface area contributed by atoms with Crippen molar-refractivity contribution in [1.29, 1.82) is 0 Å². The van der Waals surface area contributed by atoms with Gasteiger partial charge in [0.2, 0.25) is 5.91 Å². The predicted molar refractivity (Wildman–Crippen MR) is 82.7 cm³/mol. The lowest BCUT2D eigenvalue weighted by Gasteiger charge is -2.11. The fourth-order valence-electron chi connectivity index (χ4n) is 1.89. The molecule has 0 aliphatic rings. The van der Waals surface area contributed by atoms with E-state index in [0.717, 1.165) is 17.8 Å². The van der Waals surface area contributed by atoms with Crippen LogP contribution in [-0.2, 0) is 17.8 Å². The number of rotatable bonds is 5. The summed E-state index contributed by atoms with van der Waals surface area (Å²) in [4.78, 5) is 18.1. The molecule has 0 saturated heterocycles. The molecule has 0 bridgehead atoms. The lowest BCUT2D eigenvalue weighted by Crippen LogP contribution is -2.15. The van der Waals surface area contributed by atoms with Crippen molar-refractivity contribution >= 4 is 28.1 Å². The first-order chi connectivity index (χ1) is 9.52. The molecular formula is C14H18N4OS. The minimum absolute atomic E-state index is 0.0858. The normalized spacial score (nSPS) is 10.8. The molecule has 2 aromatic rings. The van der Waals surface area contributed by atoms with Crippen LogP contribution in [0.25, 0.3) is 0 Å². The molecule has 5 nitrogen and oxygen atoms in total. The second-order valence-electron chi connectivity index (χ2n) is 4.84. The number of amides is 1. The number of aromatic nitrogens is 1. The van der Waals surface area contributed by atoms with E-state index in [-0.39, 0.29) is 12.3 Å². The van der Waals surface area contributed by atoms with Crippen molar-refractivity contribution in [2.45, 2.75) is 13.0 Å². The van der Waals surface area contributed by atoms with Crippen LogP contribution in [0.3, 0.4) is 0 Å². The number of benzene rings is 1. The van der Waals surface area contributed by atoms with Crippen LogP contribution in [0.1, 0.15) is 11.3 Å². The average molecular weight is 290 g/mol. The first-order valence-electron chi connectivity index (χ1n) is 6.26. The molecule has 0 aliphatic heterocycles. The molecule has 0 saturated carbocycles. The number of hydrogen-bond donors (Lipinski definition) is 2. The van der Waals surface area contributed by atoms with E-state index in [9.17, 15) is 4.79 Å². The highest BCUT2D eigenvalue weighted by Gasteiger charge is 2.07. The van der Waals surface area contributed by atoms with E-state index in [1.165, 1.54) is 11.3 Å². The van der Waals surface area contributed by atoms with Crippen LogP contribution >= 0.6 is 11.3 Å². The third kappa shape index (κ3) is 4.32. The number of hydrogen-bond acceptors (Lipinski definition) is 5. The number of nitrogen functional groups attached to an aromatic ring is 1. The van der Waals surface area contributed by atoms with Crippen molar-refractivity contribution in [2.75, 3.05) is 25.1 Å². The molecule has 2 rings (SSSR count). The van der Waals surface area contributed by atoms with Crippen molar-refractivity contribution in [2.24, 2.45) is 0 Å². The van der Waals surface area contributed by atoms with Crippen LogP contribution in [0.5, 0.6) is 0 Å². The van der Waals surface area contributed by atoms with Crippen molar-refractivity contribution in [3.8, 4) is 0 Å². The molecule has 3 N–H and O–H groups in total. The van der Waals surface area contributed by atoms with E-state index in [0.29, 0.717) is 10.8 Å². The standard InChI is InChI=1S/C14H18N4OS/c1-18(2)8-10-4-3-5-11(6-10)16-13(19)7-12-9-20-14(15)17-12/h3-6,9H,7-8H2,1-2H3,(H2,15,17)(H,16,19). The Hall–Kier alpha value is -1.92. The summed E-state index contributed by atoms with van der Waals surface area (Å²) in [5, 5.41) is 5.17. The predicted octanol–water partition coefficient (Wildman–Crippen LogP) is 1.97. The van der Waals surface area contributed by atoms with Crippen LogP contribution in [0.2, 0.25) is 0 Å². The number of nitrogens with one attached hydrogen (secondary N) is 1. The Labute approximate surface area is 122 Å². The summed E-state index contributed by atoms with van der Waals surface area (Å²) >= 11 is 1.34. The highest BCUT2D eigenvalue weighted by Crippen LogP contribution is 2.14. The molecule has 1 amide bonds. The first kappa shape index (κ1) is 14.5. The molecule has 1 aromatic heterocycles. The molecule has 20 heavy (non-hydrogen) atoms. The van der Waals surface area contributed by atoms with E-state index >= 15 is 0 Å². The van der Waals surface area contributed by atoms with Gasteiger partial charge in [-0.3, -0.25) is 4.79 Å². The molecule has 0 aliphatic carbocycles. The smallest absolute Gasteiger partial charge is 0.230 e. The Morgan fingerprint density at radius 1 is 1.45 bits per heavy atom. The molecule has 1 aromatic carbocycles. The second kappa shape index (κ2) is 6.49. The minimum Gasteiger partial charge on any atom is -0.375 e. The van der Waals surface area contributed by atoms with Gasteiger partial charge in [-0.2, -0.15) is 0 Å². The van der Waals surface area contributed by atoms with Gasteiger partial charge in [0.15, 0.2) is 5.13 Å². The molecule has 0 spiro atoms. The Morgan fingerprint density at radius 2 is 2.25 bits per heavy atom. The van der Waals surface area contributed by atoms with Gasteiger partial charge in [0.05, 0.1) is 12.1 Å². The van der Waals surface area contributed by atoms with E-state index in [4.69, 9.17) is 5.73 Å². The molecule has 0 atom stereocenters. The van der Waals surface area contributed by atoms with Gasteiger partial charge in [0, 0.05) is 17.6 Å². The maximum Gasteiger partial charge on any atom is 0.230 e. The van der Waals surface area contributed by atoms with E-state index in [1.807, 2.05) is 38.4 Å². The Bertz CT molecular complexity index is 594. The molecule has 6 heteroatoms. The third-order valence-electron chi connectivity index (χ3n) is 2.62. The fraction of sp³-hybridized carbons (Fsp3) is 0.286. The number of thiazole rings is 1. The van der Waals surface area contributed by atoms with Crippen molar-refractivity contribution in [3.63, 3.8) is 0 Å². The number of anilines is 2. The monoisotopic (exact) mass is 290 g/mol. The maximum absolute atomic E-state index is 11.9. The maximum atomic E-state index is 11.9. The van der Waals surface area contributed by atoms with Gasteiger partial charge in [-0.25, -0.2) is 4.98 Å². The highest BCUT2D eigenvalue weighted by molar-refractivity contribution is 7.13. The second-order valence-corrected chi connectivity index (χ2v) is 5.73. The van der Waals surface area contributed by atoms with Crippen LogP contribution < -0.4 is 11.1 Å². The summed E-state index contributed by atoms with van der Waals surface area (Å²) in [6, 6.07) is 7.84. The van der Waals surface area contributed by atoms with Crippen LogP contribution in [0, 0.1) is 0 Å². The summed E-state index contributed by atoms with van der Waals surface area (Å²) < 4.78 is 0. The molecular weight excluding hydrogens is 272 g/mol. The van der Waals surface area contributed by atoms with Gasteiger partial charge in [-0.05, 0) is 31.8 Å². The fourth-order valence-corrected chi connectivity index (χ4v) is 2.45. The Morgan fingerprint density at radius 3 is 2.90 bits per heavy atom. The minimum atomic E-state index is -0.0858. The van der Waals surface area contributed by atoms with Crippen molar-refractivity contribution in [3.05, 3.63) is 40.9 Å². The zero-order valence-electron chi connectivity index (χ0n) is 11.6. The molecule has 1 heterocycles. The number of carbonyl (C=O) groups excluding carboxylic acids is 1. The molecule has 0 fully saturated rings. The van der Waals surface area contributed by atoms with E-state index in [1.54, 1.807) is 5.38 Å². The van der Waals surface area contributed by atoms with Gasteiger partial charge >= 0.3 is 0 Å². The van der Waals surface area contributed by atoms with Crippen molar-refractivity contribution < 1.29 is 4.79 Å². The number of nitrogens with zero attached hydrogens (tertiary/aromatic N) is 2. The van der Waals surface area contributed by atoms with Gasteiger partial charge in [0.1, 0.15) is 0 Å². The Balaban J connectivity index is 1.97. The summed E-state index contributed by atoms with van der Waals surface area (Å²) in [6.07, 6.45) is 0.242. The topological polar surface area (TPSA) is 71.2 Å². The molecule has 0 unspecified atom stereocenters. The average Bonchev–Trinajstić information content (AvgIpc) is 2.74. The lowest BCUT2D eigenvalue weighted by atomic mass is 10.2. The van der Waals surface area contributed by atoms with Crippen LogP contribution in [-0.4, -0.2) is 29.9 Å². The largest absolute Gasteiger partial charge is 0.375 e. The van der Waals surface area contributed by atoms with E-state index in [2.05, 4.69) is 15.2 Å². The van der Waals surface area contributed by atoms with Gasteiger partial charge < -0.3 is 16.0 Å². The zero-order valence-corrected chi connectivity index (χ0v) is 12.4. The van der Waals surface area contributed by atoms with Gasteiger partial charge in [-0.1, -0.05) is 12.1 Å². The van der Waals surface area contributed by atoms with Gasteiger partial charge in [0.25, 0.3) is 0 Å². The third-order valence-corrected chi connectivity index (χ3v) is 3.34. The molecule has 106 valence electrons. The highest BCUT2D eigenvalue weighted by atomic mass is 32.1.